The van der Waals surface area contributed by atoms with Gasteiger partial charge in [0.25, 0.3) is 6.43 Å². The third kappa shape index (κ3) is 4.46. The van der Waals surface area contributed by atoms with E-state index in [0.717, 1.165) is 17.0 Å². The summed E-state index contributed by atoms with van der Waals surface area (Å²) in [6, 6.07) is 9.45. The fourth-order valence-electron chi connectivity index (χ4n) is 2.93. The fraction of sp³-hybridized carbons (Fsp3) is 0.316. The molecular weight excluding hydrogens is 432 g/mol. The van der Waals surface area contributed by atoms with E-state index < -0.39 is 6.43 Å². The predicted octanol–water partition coefficient (Wildman–Crippen LogP) is 4.39. The lowest BCUT2D eigenvalue weighted by Gasteiger charge is -2.09. The van der Waals surface area contributed by atoms with Gasteiger partial charge in [0.15, 0.2) is 0 Å². The van der Waals surface area contributed by atoms with E-state index in [0.29, 0.717) is 17.9 Å². The molecule has 0 aliphatic carbocycles. The SMILES string of the molecule is Cc1cc(C)n(Cc2cccc(NC(=O)Cn3nc(C(F)F)c(Br)c3C)c2)n1. The number of halogens is 3. The molecule has 0 radical (unpaired) electrons. The van der Waals surface area contributed by atoms with Gasteiger partial charge in [-0.15, -0.1) is 0 Å². The summed E-state index contributed by atoms with van der Waals surface area (Å²) in [5.74, 6) is -0.345. The molecule has 1 aromatic carbocycles. The molecule has 9 heteroatoms. The molecule has 2 heterocycles. The maximum Gasteiger partial charge on any atom is 0.283 e. The number of benzene rings is 1. The Labute approximate surface area is 169 Å². The smallest absolute Gasteiger partial charge is 0.283 e. The van der Waals surface area contributed by atoms with Gasteiger partial charge in [-0.3, -0.25) is 14.2 Å². The lowest BCUT2D eigenvalue weighted by Crippen LogP contribution is -2.20. The van der Waals surface area contributed by atoms with Crippen LogP contribution in [0.2, 0.25) is 0 Å². The monoisotopic (exact) mass is 451 g/mol. The van der Waals surface area contributed by atoms with Crippen molar-refractivity contribution in [2.75, 3.05) is 5.32 Å². The molecule has 0 saturated heterocycles. The average Bonchev–Trinajstić information content (AvgIpc) is 3.08. The molecule has 0 spiro atoms. The predicted molar refractivity (Wildman–Crippen MR) is 105 cm³/mol. The van der Waals surface area contributed by atoms with Crippen molar-refractivity contribution in [1.29, 1.82) is 0 Å². The van der Waals surface area contributed by atoms with Crippen molar-refractivity contribution in [3.8, 4) is 0 Å². The number of rotatable bonds is 6. The number of aromatic nitrogens is 4. The van der Waals surface area contributed by atoms with Crippen molar-refractivity contribution >= 4 is 27.5 Å². The summed E-state index contributed by atoms with van der Waals surface area (Å²) in [5.41, 5.74) is 3.73. The first kappa shape index (κ1) is 20.2. The maximum absolute atomic E-state index is 12.9. The Morgan fingerprint density at radius 1 is 1.18 bits per heavy atom. The normalized spacial score (nSPS) is 11.2. The van der Waals surface area contributed by atoms with Gasteiger partial charge in [-0.1, -0.05) is 12.1 Å². The van der Waals surface area contributed by atoms with E-state index >= 15 is 0 Å². The molecule has 28 heavy (non-hydrogen) atoms. The van der Waals surface area contributed by atoms with Gasteiger partial charge >= 0.3 is 0 Å². The lowest BCUT2D eigenvalue weighted by molar-refractivity contribution is -0.117. The molecule has 6 nitrogen and oxygen atoms in total. The summed E-state index contributed by atoms with van der Waals surface area (Å²) >= 11 is 3.10. The van der Waals surface area contributed by atoms with Crippen molar-refractivity contribution in [3.05, 3.63) is 63.1 Å². The molecular formula is C19H20BrF2N5O. The highest BCUT2D eigenvalue weighted by Crippen LogP contribution is 2.29. The maximum atomic E-state index is 12.9. The molecule has 0 atom stereocenters. The zero-order valence-corrected chi connectivity index (χ0v) is 17.3. The van der Waals surface area contributed by atoms with Crippen LogP contribution in [0.3, 0.4) is 0 Å². The van der Waals surface area contributed by atoms with Gasteiger partial charge in [-0.05, 0) is 60.5 Å². The van der Waals surface area contributed by atoms with Crippen molar-refractivity contribution in [2.24, 2.45) is 0 Å². The van der Waals surface area contributed by atoms with Crippen LogP contribution in [-0.2, 0) is 17.9 Å². The number of carbonyl (C=O) groups excluding carboxylic acids is 1. The molecule has 2 aromatic heterocycles. The van der Waals surface area contributed by atoms with Gasteiger partial charge < -0.3 is 5.32 Å². The highest BCUT2D eigenvalue weighted by molar-refractivity contribution is 9.10. The van der Waals surface area contributed by atoms with Crippen LogP contribution in [0, 0.1) is 20.8 Å². The summed E-state index contributed by atoms with van der Waals surface area (Å²) in [7, 11) is 0. The quantitative estimate of drug-likeness (QED) is 0.604. The Balaban J connectivity index is 1.69. The highest BCUT2D eigenvalue weighted by Gasteiger charge is 2.21. The molecule has 0 bridgehead atoms. The zero-order valence-electron chi connectivity index (χ0n) is 15.7. The van der Waals surface area contributed by atoms with Crippen molar-refractivity contribution in [3.63, 3.8) is 0 Å². The summed E-state index contributed by atoms with van der Waals surface area (Å²) in [4.78, 5) is 12.4. The fourth-order valence-corrected chi connectivity index (χ4v) is 3.39. The van der Waals surface area contributed by atoms with Crippen LogP contribution in [0.4, 0.5) is 14.5 Å². The summed E-state index contributed by atoms with van der Waals surface area (Å²) in [6.45, 7) is 6.00. The molecule has 0 fully saturated rings. The molecule has 3 rings (SSSR count). The van der Waals surface area contributed by atoms with Gasteiger partial charge in [0.05, 0.1) is 22.4 Å². The second kappa shape index (κ2) is 8.22. The molecule has 3 aromatic rings. The Morgan fingerprint density at radius 2 is 1.93 bits per heavy atom. The van der Waals surface area contributed by atoms with E-state index in [1.807, 2.05) is 42.8 Å². The number of amides is 1. The first-order valence-corrected chi connectivity index (χ1v) is 9.44. The zero-order chi connectivity index (χ0) is 20.4. The molecule has 0 aliphatic heterocycles. The third-order valence-electron chi connectivity index (χ3n) is 4.30. The minimum Gasteiger partial charge on any atom is -0.324 e. The molecule has 1 amide bonds. The topological polar surface area (TPSA) is 64.7 Å². The largest absolute Gasteiger partial charge is 0.324 e. The van der Waals surface area contributed by atoms with Crippen LogP contribution in [0.15, 0.2) is 34.8 Å². The molecule has 0 aliphatic rings. The Morgan fingerprint density at radius 3 is 2.54 bits per heavy atom. The van der Waals surface area contributed by atoms with E-state index in [1.165, 1.54) is 4.68 Å². The average molecular weight is 452 g/mol. The van der Waals surface area contributed by atoms with Gasteiger partial charge in [-0.25, -0.2) is 8.78 Å². The van der Waals surface area contributed by atoms with Crippen molar-refractivity contribution < 1.29 is 13.6 Å². The third-order valence-corrected chi connectivity index (χ3v) is 5.28. The van der Waals surface area contributed by atoms with E-state index in [9.17, 15) is 13.6 Å². The number of hydrogen-bond acceptors (Lipinski definition) is 3. The number of aryl methyl sites for hydroxylation is 2. The van der Waals surface area contributed by atoms with Crippen LogP contribution in [0.25, 0.3) is 0 Å². The van der Waals surface area contributed by atoms with Crippen molar-refractivity contribution in [2.45, 2.75) is 40.3 Å². The second-order valence-electron chi connectivity index (χ2n) is 6.58. The lowest BCUT2D eigenvalue weighted by atomic mass is 10.2. The van der Waals surface area contributed by atoms with E-state index in [2.05, 4.69) is 31.4 Å². The molecule has 0 unspecified atom stereocenters. The van der Waals surface area contributed by atoms with Gasteiger partial charge in [0.2, 0.25) is 5.91 Å². The number of nitrogens with one attached hydrogen (secondary N) is 1. The first-order chi connectivity index (χ1) is 13.2. The minimum absolute atomic E-state index is 0.154. The number of hydrogen-bond donors (Lipinski definition) is 1. The number of anilines is 1. The summed E-state index contributed by atoms with van der Waals surface area (Å²) < 4.78 is 29.3. The van der Waals surface area contributed by atoms with Crippen molar-refractivity contribution in [1.82, 2.24) is 19.6 Å². The molecule has 1 N–H and O–H groups in total. The van der Waals surface area contributed by atoms with Crippen LogP contribution < -0.4 is 5.32 Å². The van der Waals surface area contributed by atoms with E-state index in [-0.39, 0.29) is 22.6 Å². The van der Waals surface area contributed by atoms with Gasteiger partial charge in [0.1, 0.15) is 12.2 Å². The molecule has 0 saturated carbocycles. The standard InChI is InChI=1S/C19H20BrF2N5O/c1-11-7-12(2)26(24-11)9-14-5-4-6-15(8-14)23-16(28)10-27-13(3)17(20)18(25-27)19(21)22/h4-8,19H,9-10H2,1-3H3,(H,23,28). The Bertz CT molecular complexity index is 1010. The number of alkyl halides is 2. The minimum atomic E-state index is -2.71. The van der Waals surface area contributed by atoms with Crippen LogP contribution in [-0.4, -0.2) is 25.5 Å². The summed E-state index contributed by atoms with van der Waals surface area (Å²) in [6.07, 6.45) is -2.71. The first-order valence-electron chi connectivity index (χ1n) is 8.65. The number of carbonyl (C=O) groups is 1. The number of nitrogens with zero attached hydrogens (tertiary/aromatic N) is 4. The summed E-state index contributed by atoms with van der Waals surface area (Å²) in [5, 5.41) is 11.1. The van der Waals surface area contributed by atoms with Crippen LogP contribution >= 0.6 is 15.9 Å². The highest BCUT2D eigenvalue weighted by atomic mass is 79.9. The molecule has 148 valence electrons. The van der Waals surface area contributed by atoms with E-state index in [1.54, 1.807) is 13.0 Å². The van der Waals surface area contributed by atoms with Crippen LogP contribution in [0.5, 0.6) is 0 Å². The Kier molecular flexibility index (Phi) is 5.93. The van der Waals surface area contributed by atoms with Crippen LogP contribution in [0.1, 0.15) is 34.8 Å². The van der Waals surface area contributed by atoms with Gasteiger partial charge in [0, 0.05) is 11.4 Å². The Hall–Kier alpha value is -2.55. The second-order valence-corrected chi connectivity index (χ2v) is 7.37. The van der Waals surface area contributed by atoms with E-state index in [4.69, 9.17) is 0 Å². The van der Waals surface area contributed by atoms with Gasteiger partial charge in [-0.2, -0.15) is 10.2 Å².